The van der Waals surface area contributed by atoms with Crippen LogP contribution in [0.15, 0.2) is 29.3 Å². The minimum atomic E-state index is -4.13. The van der Waals surface area contributed by atoms with E-state index < -0.39 is 10.1 Å². The van der Waals surface area contributed by atoms with Crippen molar-refractivity contribution in [1.82, 2.24) is 9.78 Å². The number of benzene rings is 1. The number of aromatic nitrogens is 2. The van der Waals surface area contributed by atoms with Crippen LogP contribution in [0.25, 0.3) is 10.9 Å². The van der Waals surface area contributed by atoms with E-state index in [1.54, 1.807) is 24.0 Å². The standard InChI is InChI=1S/C8H8N2O3S/c1-10-8-4-7(14(11,12)13)3-2-6(8)5-9-10/h2-5H,1H3,(H,11,12,13). The number of hydrogen-bond acceptors (Lipinski definition) is 3. The molecule has 0 atom stereocenters. The topological polar surface area (TPSA) is 72.2 Å². The third-order valence-corrected chi connectivity index (χ3v) is 2.87. The molecule has 2 rings (SSSR count). The monoisotopic (exact) mass is 212 g/mol. The van der Waals surface area contributed by atoms with E-state index in [1.165, 1.54) is 12.1 Å². The number of hydrogen-bond donors (Lipinski definition) is 1. The van der Waals surface area contributed by atoms with Gasteiger partial charge in [0.1, 0.15) is 0 Å². The first kappa shape index (κ1) is 9.17. The van der Waals surface area contributed by atoms with Crippen LogP contribution in [0.1, 0.15) is 0 Å². The van der Waals surface area contributed by atoms with Crippen molar-refractivity contribution in [1.29, 1.82) is 0 Å². The van der Waals surface area contributed by atoms with Crippen molar-refractivity contribution >= 4 is 21.0 Å². The molecular formula is C8H8N2O3S. The van der Waals surface area contributed by atoms with Gasteiger partial charge >= 0.3 is 0 Å². The Kier molecular flexibility index (Phi) is 1.83. The van der Waals surface area contributed by atoms with Crippen LogP contribution >= 0.6 is 0 Å². The molecule has 0 spiro atoms. The minimum Gasteiger partial charge on any atom is -0.282 e. The lowest BCUT2D eigenvalue weighted by atomic mass is 10.3. The van der Waals surface area contributed by atoms with E-state index in [4.69, 9.17) is 4.55 Å². The number of aryl methyl sites for hydroxylation is 1. The van der Waals surface area contributed by atoms with Crippen molar-refractivity contribution in [2.75, 3.05) is 0 Å². The van der Waals surface area contributed by atoms with Gasteiger partial charge in [0.15, 0.2) is 0 Å². The molecule has 0 unspecified atom stereocenters. The molecule has 1 N–H and O–H groups in total. The third-order valence-electron chi connectivity index (χ3n) is 2.02. The highest BCUT2D eigenvalue weighted by Crippen LogP contribution is 2.17. The summed E-state index contributed by atoms with van der Waals surface area (Å²) in [5.74, 6) is 0. The third kappa shape index (κ3) is 1.38. The lowest BCUT2D eigenvalue weighted by Crippen LogP contribution is -1.98. The quantitative estimate of drug-likeness (QED) is 0.710. The van der Waals surface area contributed by atoms with Crippen LogP contribution in [0, 0.1) is 0 Å². The maximum absolute atomic E-state index is 10.8. The van der Waals surface area contributed by atoms with Crippen LogP contribution in [0.2, 0.25) is 0 Å². The summed E-state index contributed by atoms with van der Waals surface area (Å²) in [6.07, 6.45) is 1.63. The van der Waals surface area contributed by atoms with E-state index in [2.05, 4.69) is 5.10 Å². The first-order chi connectivity index (χ1) is 6.48. The Labute approximate surface area is 80.7 Å². The molecule has 0 bridgehead atoms. The SMILES string of the molecule is Cn1ncc2ccc(S(=O)(=O)O)cc21. The van der Waals surface area contributed by atoms with Crippen LogP contribution < -0.4 is 0 Å². The van der Waals surface area contributed by atoms with E-state index in [1.807, 2.05) is 0 Å². The largest absolute Gasteiger partial charge is 0.294 e. The van der Waals surface area contributed by atoms with Gasteiger partial charge in [-0.15, -0.1) is 0 Å². The molecule has 0 aliphatic heterocycles. The van der Waals surface area contributed by atoms with Crippen LogP contribution in [-0.4, -0.2) is 22.8 Å². The van der Waals surface area contributed by atoms with E-state index in [9.17, 15) is 8.42 Å². The molecule has 0 saturated carbocycles. The Bertz CT molecular complexity index is 586. The molecule has 1 aromatic heterocycles. The van der Waals surface area contributed by atoms with Gasteiger partial charge in [-0.05, 0) is 18.2 Å². The normalized spacial score (nSPS) is 12.1. The average Bonchev–Trinajstić information content (AvgIpc) is 2.46. The number of nitrogens with zero attached hydrogens (tertiary/aromatic N) is 2. The van der Waals surface area contributed by atoms with Crippen molar-refractivity contribution in [2.24, 2.45) is 7.05 Å². The molecule has 0 aliphatic rings. The average molecular weight is 212 g/mol. The zero-order valence-corrected chi connectivity index (χ0v) is 8.19. The number of fused-ring (bicyclic) bond motifs is 1. The molecule has 0 aliphatic carbocycles. The summed E-state index contributed by atoms with van der Waals surface area (Å²) in [6, 6.07) is 4.34. The summed E-state index contributed by atoms with van der Waals surface area (Å²) in [5.41, 5.74) is 0.667. The fourth-order valence-corrected chi connectivity index (χ4v) is 1.78. The molecule has 0 amide bonds. The van der Waals surface area contributed by atoms with Gasteiger partial charge in [-0.25, -0.2) is 0 Å². The molecule has 0 radical (unpaired) electrons. The molecule has 0 fully saturated rings. The second-order valence-electron chi connectivity index (χ2n) is 2.96. The van der Waals surface area contributed by atoms with Crippen LogP contribution in [0.3, 0.4) is 0 Å². The van der Waals surface area contributed by atoms with Crippen molar-refractivity contribution in [3.05, 3.63) is 24.4 Å². The summed E-state index contributed by atoms with van der Waals surface area (Å²) < 4.78 is 32.0. The fourth-order valence-electron chi connectivity index (χ4n) is 1.28. The predicted molar refractivity (Wildman–Crippen MR) is 50.5 cm³/mol. The summed E-state index contributed by atoms with van der Waals surface area (Å²) in [6.45, 7) is 0. The number of rotatable bonds is 1. The van der Waals surface area contributed by atoms with Crippen molar-refractivity contribution in [3.8, 4) is 0 Å². The van der Waals surface area contributed by atoms with Crippen LogP contribution in [0.5, 0.6) is 0 Å². The van der Waals surface area contributed by atoms with Crippen molar-refractivity contribution in [3.63, 3.8) is 0 Å². The fraction of sp³-hybridized carbons (Fsp3) is 0.125. The zero-order chi connectivity index (χ0) is 10.3. The smallest absolute Gasteiger partial charge is 0.282 e. The van der Waals surface area contributed by atoms with Gasteiger partial charge in [-0.3, -0.25) is 9.23 Å². The zero-order valence-electron chi connectivity index (χ0n) is 7.38. The van der Waals surface area contributed by atoms with E-state index in [-0.39, 0.29) is 4.90 Å². The highest BCUT2D eigenvalue weighted by molar-refractivity contribution is 7.85. The highest BCUT2D eigenvalue weighted by atomic mass is 32.2. The van der Waals surface area contributed by atoms with Crippen molar-refractivity contribution < 1.29 is 13.0 Å². The van der Waals surface area contributed by atoms with Gasteiger partial charge in [-0.1, -0.05) is 0 Å². The molecule has 6 heteroatoms. The Hall–Kier alpha value is -1.40. The maximum atomic E-state index is 10.8. The summed E-state index contributed by atoms with van der Waals surface area (Å²) in [7, 11) is -2.43. The molecular weight excluding hydrogens is 204 g/mol. The van der Waals surface area contributed by atoms with Gasteiger partial charge in [0.25, 0.3) is 10.1 Å². The lowest BCUT2D eigenvalue weighted by Gasteiger charge is -1.98. The maximum Gasteiger partial charge on any atom is 0.294 e. The summed E-state index contributed by atoms with van der Waals surface area (Å²) in [5, 5.41) is 4.79. The summed E-state index contributed by atoms with van der Waals surface area (Å²) >= 11 is 0. The van der Waals surface area contributed by atoms with E-state index in [0.717, 1.165) is 5.39 Å². The Balaban J connectivity index is 2.79. The first-order valence-electron chi connectivity index (χ1n) is 3.88. The molecule has 5 nitrogen and oxygen atoms in total. The Morgan fingerprint density at radius 2 is 2.14 bits per heavy atom. The van der Waals surface area contributed by atoms with Gasteiger partial charge < -0.3 is 0 Å². The molecule has 14 heavy (non-hydrogen) atoms. The predicted octanol–water partition coefficient (Wildman–Crippen LogP) is 0.820. The van der Waals surface area contributed by atoms with Gasteiger partial charge in [0.2, 0.25) is 0 Å². The molecule has 74 valence electrons. The highest BCUT2D eigenvalue weighted by Gasteiger charge is 2.10. The Morgan fingerprint density at radius 1 is 1.43 bits per heavy atom. The van der Waals surface area contributed by atoms with E-state index >= 15 is 0 Å². The molecule has 0 saturated heterocycles. The van der Waals surface area contributed by atoms with Gasteiger partial charge in [0, 0.05) is 12.4 Å². The second kappa shape index (κ2) is 2.79. The summed E-state index contributed by atoms with van der Waals surface area (Å²) in [4.78, 5) is -0.117. The lowest BCUT2D eigenvalue weighted by molar-refractivity contribution is 0.483. The van der Waals surface area contributed by atoms with Crippen LogP contribution in [-0.2, 0) is 17.2 Å². The molecule has 1 aromatic carbocycles. The second-order valence-corrected chi connectivity index (χ2v) is 4.39. The van der Waals surface area contributed by atoms with E-state index in [0.29, 0.717) is 5.52 Å². The van der Waals surface area contributed by atoms with Crippen molar-refractivity contribution in [2.45, 2.75) is 4.90 Å². The first-order valence-corrected chi connectivity index (χ1v) is 5.32. The molecule has 2 aromatic rings. The Morgan fingerprint density at radius 3 is 2.79 bits per heavy atom. The minimum absolute atomic E-state index is 0.117. The van der Waals surface area contributed by atoms with Gasteiger partial charge in [-0.2, -0.15) is 13.5 Å². The van der Waals surface area contributed by atoms with Crippen LogP contribution in [0.4, 0.5) is 0 Å². The molecule has 1 heterocycles. The van der Waals surface area contributed by atoms with Gasteiger partial charge in [0.05, 0.1) is 16.6 Å².